The molecule has 2 N–H and O–H groups in total. The minimum Gasteiger partial charge on any atom is -0.491 e. The van der Waals surface area contributed by atoms with E-state index in [0.29, 0.717) is 15.5 Å². The lowest BCUT2D eigenvalue weighted by molar-refractivity contribution is 0.193. The largest absolute Gasteiger partial charge is 0.491 e. The van der Waals surface area contributed by atoms with Crippen molar-refractivity contribution in [2.24, 2.45) is 0 Å². The van der Waals surface area contributed by atoms with Crippen molar-refractivity contribution in [2.45, 2.75) is 24.5 Å². The van der Waals surface area contributed by atoms with Crippen LogP contribution in [0.1, 0.15) is 28.5 Å². The molecule has 0 bridgehead atoms. The molecule has 3 rings (SSSR count). The first kappa shape index (κ1) is 19.6. The number of ether oxygens (including phenoxy) is 1. The lowest BCUT2D eigenvalue weighted by atomic mass is 10.2. The number of rotatable bonds is 8. The number of nitrogens with one attached hydrogen (secondary N) is 1. The standard InChI is InChI=1S/C18H18FNO5S2/c1-2-24-15-7-6-13(10-14(15)19)27(22,23)20-11-12-5-8-17(26-12)18(21)16-4-3-9-25-16/h3-10,18,20-21H,2,11H2,1H3. The number of aliphatic hydroxyl groups excluding tert-OH is 1. The molecular formula is C18H18FNO5S2. The second-order valence-electron chi connectivity index (χ2n) is 5.57. The predicted octanol–water partition coefficient (Wildman–Crippen LogP) is 3.44. The van der Waals surface area contributed by atoms with E-state index in [1.54, 1.807) is 31.2 Å². The Labute approximate surface area is 160 Å². The maximum Gasteiger partial charge on any atom is 0.241 e. The van der Waals surface area contributed by atoms with Crippen LogP contribution in [0.5, 0.6) is 5.75 Å². The van der Waals surface area contributed by atoms with Crippen LogP contribution < -0.4 is 9.46 Å². The molecule has 9 heteroatoms. The molecule has 0 aliphatic carbocycles. The van der Waals surface area contributed by atoms with Crippen LogP contribution in [0.3, 0.4) is 0 Å². The molecule has 0 saturated heterocycles. The molecule has 0 amide bonds. The summed E-state index contributed by atoms with van der Waals surface area (Å²) in [6.07, 6.45) is 0.563. The Kier molecular flexibility index (Phi) is 5.95. The Morgan fingerprint density at radius 1 is 1.30 bits per heavy atom. The summed E-state index contributed by atoms with van der Waals surface area (Å²) in [5.41, 5.74) is 0. The van der Waals surface area contributed by atoms with E-state index < -0.39 is 21.9 Å². The average molecular weight is 411 g/mol. The maximum atomic E-state index is 13.9. The molecule has 3 aromatic rings. The molecule has 0 spiro atoms. The van der Waals surface area contributed by atoms with E-state index in [9.17, 15) is 17.9 Å². The van der Waals surface area contributed by atoms with Crippen molar-refractivity contribution >= 4 is 21.4 Å². The monoisotopic (exact) mass is 411 g/mol. The number of sulfonamides is 1. The van der Waals surface area contributed by atoms with Crippen molar-refractivity contribution in [2.75, 3.05) is 6.61 Å². The van der Waals surface area contributed by atoms with Gasteiger partial charge in [-0.05, 0) is 49.4 Å². The number of benzene rings is 1. The van der Waals surface area contributed by atoms with Crippen molar-refractivity contribution in [3.8, 4) is 5.75 Å². The molecule has 0 aliphatic rings. The highest BCUT2D eigenvalue weighted by Crippen LogP contribution is 2.29. The Morgan fingerprint density at radius 3 is 2.78 bits per heavy atom. The Hall–Kier alpha value is -2.20. The zero-order valence-electron chi connectivity index (χ0n) is 14.4. The van der Waals surface area contributed by atoms with Crippen LogP contribution in [-0.4, -0.2) is 20.1 Å². The number of hydrogen-bond donors (Lipinski definition) is 2. The van der Waals surface area contributed by atoms with Gasteiger partial charge in [-0.25, -0.2) is 17.5 Å². The second kappa shape index (κ2) is 8.22. The molecular weight excluding hydrogens is 393 g/mol. The normalized spacial score (nSPS) is 12.9. The molecule has 0 saturated carbocycles. The Bertz CT molecular complexity index is 999. The molecule has 2 heterocycles. The highest BCUT2D eigenvalue weighted by atomic mass is 32.2. The molecule has 1 unspecified atom stereocenters. The van der Waals surface area contributed by atoms with Gasteiger partial charge in [0.2, 0.25) is 10.0 Å². The predicted molar refractivity (Wildman–Crippen MR) is 98.7 cm³/mol. The molecule has 2 aromatic heterocycles. The quantitative estimate of drug-likeness (QED) is 0.593. The summed E-state index contributed by atoms with van der Waals surface area (Å²) in [5, 5.41) is 10.2. The first-order valence-corrected chi connectivity index (χ1v) is 10.4. The lowest BCUT2D eigenvalue weighted by Gasteiger charge is -2.09. The summed E-state index contributed by atoms with van der Waals surface area (Å²) in [6, 6.07) is 10.3. The van der Waals surface area contributed by atoms with Gasteiger partial charge in [0, 0.05) is 16.3 Å². The molecule has 0 fully saturated rings. The van der Waals surface area contributed by atoms with Gasteiger partial charge in [-0.1, -0.05) is 0 Å². The van der Waals surface area contributed by atoms with E-state index in [1.807, 2.05) is 0 Å². The highest BCUT2D eigenvalue weighted by Gasteiger charge is 2.19. The van der Waals surface area contributed by atoms with Crippen LogP contribution in [0, 0.1) is 5.82 Å². The van der Waals surface area contributed by atoms with Crippen LogP contribution in [0.4, 0.5) is 4.39 Å². The van der Waals surface area contributed by atoms with Crippen molar-refractivity contribution in [3.63, 3.8) is 0 Å². The summed E-state index contributed by atoms with van der Waals surface area (Å²) in [4.78, 5) is 1.15. The third-order valence-electron chi connectivity index (χ3n) is 3.71. The molecule has 1 aromatic carbocycles. The molecule has 1 atom stereocenters. The van der Waals surface area contributed by atoms with Gasteiger partial charge in [-0.2, -0.15) is 0 Å². The van der Waals surface area contributed by atoms with Crippen LogP contribution >= 0.6 is 11.3 Å². The number of thiophene rings is 1. The van der Waals surface area contributed by atoms with E-state index in [0.717, 1.165) is 6.07 Å². The maximum absolute atomic E-state index is 13.9. The fraction of sp³-hybridized carbons (Fsp3) is 0.222. The van der Waals surface area contributed by atoms with Crippen molar-refractivity contribution < 1.29 is 27.1 Å². The van der Waals surface area contributed by atoms with Crippen LogP contribution in [0.25, 0.3) is 0 Å². The zero-order chi connectivity index (χ0) is 19.4. The molecule has 144 valence electrons. The zero-order valence-corrected chi connectivity index (χ0v) is 16.0. The first-order valence-electron chi connectivity index (χ1n) is 8.13. The minimum atomic E-state index is -3.89. The SMILES string of the molecule is CCOc1ccc(S(=O)(=O)NCc2ccc(C(O)c3ccco3)s2)cc1F. The summed E-state index contributed by atoms with van der Waals surface area (Å²) in [7, 11) is -3.89. The van der Waals surface area contributed by atoms with Gasteiger partial charge < -0.3 is 14.3 Å². The van der Waals surface area contributed by atoms with E-state index in [2.05, 4.69) is 4.72 Å². The first-order chi connectivity index (χ1) is 12.9. The molecule has 0 radical (unpaired) electrons. The third-order valence-corrected chi connectivity index (χ3v) is 6.25. The summed E-state index contributed by atoms with van der Waals surface area (Å²) in [6.45, 7) is 2.02. The Morgan fingerprint density at radius 2 is 2.11 bits per heavy atom. The van der Waals surface area contributed by atoms with E-state index >= 15 is 0 Å². The van der Waals surface area contributed by atoms with Gasteiger partial charge in [0.1, 0.15) is 11.9 Å². The van der Waals surface area contributed by atoms with Crippen molar-refractivity contribution in [3.05, 3.63) is 70.1 Å². The smallest absolute Gasteiger partial charge is 0.241 e. The Balaban J connectivity index is 1.68. The van der Waals surface area contributed by atoms with Crippen LogP contribution in [0.15, 0.2) is 58.0 Å². The van der Waals surface area contributed by atoms with E-state index in [4.69, 9.17) is 9.15 Å². The van der Waals surface area contributed by atoms with Crippen LogP contribution in [-0.2, 0) is 16.6 Å². The topological polar surface area (TPSA) is 88.8 Å². The minimum absolute atomic E-state index is 0.00580. The molecule has 6 nitrogen and oxygen atoms in total. The molecule has 0 aliphatic heterocycles. The third kappa shape index (κ3) is 4.56. The average Bonchev–Trinajstić information content (AvgIpc) is 3.33. The fourth-order valence-electron chi connectivity index (χ4n) is 2.39. The lowest BCUT2D eigenvalue weighted by Crippen LogP contribution is -2.23. The number of halogens is 1. The van der Waals surface area contributed by atoms with Gasteiger partial charge in [-0.3, -0.25) is 0 Å². The highest BCUT2D eigenvalue weighted by molar-refractivity contribution is 7.89. The number of hydrogen-bond acceptors (Lipinski definition) is 6. The van der Waals surface area contributed by atoms with Gasteiger partial charge in [0.15, 0.2) is 11.6 Å². The van der Waals surface area contributed by atoms with Gasteiger partial charge >= 0.3 is 0 Å². The number of furan rings is 1. The van der Waals surface area contributed by atoms with Gasteiger partial charge in [0.05, 0.1) is 17.8 Å². The van der Waals surface area contributed by atoms with Crippen molar-refractivity contribution in [1.29, 1.82) is 0 Å². The van der Waals surface area contributed by atoms with Crippen molar-refractivity contribution in [1.82, 2.24) is 4.72 Å². The number of aliphatic hydroxyl groups is 1. The summed E-state index contributed by atoms with van der Waals surface area (Å²) in [5.74, 6) is -0.320. The summed E-state index contributed by atoms with van der Waals surface area (Å²) < 4.78 is 51.3. The second-order valence-corrected chi connectivity index (χ2v) is 8.54. The fourth-order valence-corrected chi connectivity index (χ4v) is 4.45. The van der Waals surface area contributed by atoms with Gasteiger partial charge in [0.25, 0.3) is 0 Å². The van der Waals surface area contributed by atoms with E-state index in [-0.39, 0.29) is 23.8 Å². The van der Waals surface area contributed by atoms with E-state index in [1.165, 1.54) is 29.7 Å². The van der Waals surface area contributed by atoms with Gasteiger partial charge in [-0.15, -0.1) is 11.3 Å². The molecule has 27 heavy (non-hydrogen) atoms. The summed E-state index contributed by atoms with van der Waals surface area (Å²) >= 11 is 1.26. The van der Waals surface area contributed by atoms with Crippen LogP contribution in [0.2, 0.25) is 0 Å².